The molecule has 1 saturated heterocycles. The van der Waals surface area contributed by atoms with Crippen molar-refractivity contribution >= 4 is 79.9 Å². The molecular weight excluding hydrogens is 539 g/mol. The average Bonchev–Trinajstić information content (AvgIpc) is 3.46. The van der Waals surface area contributed by atoms with Gasteiger partial charge in [-0.3, -0.25) is 23.9 Å². The summed E-state index contributed by atoms with van der Waals surface area (Å²) in [6.45, 7) is 4.16. The standard InChI is InChI=1S/C23H17N5O4S4/c1-3-26-14-7-12(9-24)13(10-25)8-16(14)34-17(26)6-5-15-20(31)27(4-2)22(35-15)19-21(32)28(11-18(29)30)23(33)36-19/h5-8H,3-4,11H2,1-2H3,(H,29,30)/b15-5+,17-6-,22-19-. The number of carbonyl (C=O) groups is 2. The number of aromatic nitrogens is 1. The highest BCUT2D eigenvalue weighted by molar-refractivity contribution is 8.30. The van der Waals surface area contributed by atoms with Crippen LogP contribution in [0, 0.1) is 22.7 Å². The molecule has 0 bridgehead atoms. The van der Waals surface area contributed by atoms with Gasteiger partial charge in [0.05, 0.1) is 26.4 Å². The van der Waals surface area contributed by atoms with Gasteiger partial charge in [0, 0.05) is 18.0 Å². The van der Waals surface area contributed by atoms with Gasteiger partial charge < -0.3 is 10.0 Å². The van der Waals surface area contributed by atoms with E-state index in [1.807, 2.05) is 11.8 Å². The maximum Gasteiger partial charge on any atom is 0.323 e. The fourth-order valence-electron chi connectivity index (χ4n) is 3.72. The molecule has 1 N–H and O–H groups in total. The Morgan fingerprint density at radius 2 is 1.78 bits per heavy atom. The third kappa shape index (κ3) is 4.47. The van der Waals surface area contributed by atoms with E-state index in [-0.39, 0.29) is 14.8 Å². The zero-order valence-electron chi connectivity index (χ0n) is 19.0. The van der Waals surface area contributed by atoms with E-state index < -0.39 is 18.4 Å². The molecule has 0 atom stereocenters. The number of thiocarbonyl (C=S) groups is 1. The van der Waals surface area contributed by atoms with Gasteiger partial charge in [0.25, 0.3) is 11.5 Å². The van der Waals surface area contributed by atoms with Crippen molar-refractivity contribution in [1.82, 2.24) is 9.47 Å². The van der Waals surface area contributed by atoms with Crippen molar-refractivity contribution in [2.45, 2.75) is 25.3 Å². The Hall–Kier alpha value is -3.36. The molecule has 36 heavy (non-hydrogen) atoms. The number of thioether (sulfide) groups is 2. The molecule has 1 fully saturated rings. The predicted molar refractivity (Wildman–Crippen MR) is 144 cm³/mol. The molecule has 0 unspecified atom stereocenters. The smallest absolute Gasteiger partial charge is 0.323 e. The van der Waals surface area contributed by atoms with E-state index in [9.17, 15) is 24.9 Å². The number of aliphatic carboxylic acids is 1. The SMILES string of the molecule is CCN1/C(=C/C=c2/s/c(=C3\SC(=S)N(CC(=O)O)C3=O)n(CC)c2=O)Sc2cc(C#N)c(C#N)cc21. The monoisotopic (exact) mass is 555 g/mol. The first-order valence-electron chi connectivity index (χ1n) is 10.6. The summed E-state index contributed by atoms with van der Waals surface area (Å²) in [6, 6.07) is 7.50. The number of fused-ring (bicyclic) bond motifs is 1. The number of allylic oxidation sites excluding steroid dienone is 1. The Morgan fingerprint density at radius 1 is 1.08 bits per heavy atom. The highest BCUT2D eigenvalue weighted by Gasteiger charge is 2.35. The maximum absolute atomic E-state index is 13.1. The molecule has 4 rings (SSSR count). The Bertz CT molecular complexity index is 1620. The Balaban J connectivity index is 1.79. The molecule has 0 spiro atoms. The number of nitrogens with zero attached hydrogens (tertiary/aromatic N) is 5. The summed E-state index contributed by atoms with van der Waals surface area (Å²) in [4.78, 5) is 41.2. The Morgan fingerprint density at radius 3 is 2.39 bits per heavy atom. The molecule has 2 aromatic rings. The number of thiazole rings is 1. The zero-order chi connectivity index (χ0) is 26.1. The molecule has 182 valence electrons. The summed E-state index contributed by atoms with van der Waals surface area (Å²) in [5.41, 5.74) is 1.18. The fourth-order valence-corrected chi connectivity index (χ4v) is 7.39. The van der Waals surface area contributed by atoms with Crippen LogP contribution in [0.5, 0.6) is 0 Å². The lowest BCUT2D eigenvalue weighted by atomic mass is 10.1. The first-order chi connectivity index (χ1) is 17.2. The number of anilines is 1. The molecule has 0 saturated carbocycles. The topological polar surface area (TPSA) is 130 Å². The minimum atomic E-state index is -1.17. The summed E-state index contributed by atoms with van der Waals surface area (Å²) in [5, 5.41) is 28.6. The second-order valence-electron chi connectivity index (χ2n) is 7.41. The van der Waals surface area contributed by atoms with Crippen molar-refractivity contribution in [1.29, 1.82) is 10.5 Å². The second-order valence-corrected chi connectivity index (χ2v) is 11.1. The molecule has 9 nitrogen and oxygen atoms in total. The van der Waals surface area contributed by atoms with Gasteiger partial charge in [-0.25, -0.2) is 0 Å². The first kappa shape index (κ1) is 25.7. The van der Waals surface area contributed by atoms with E-state index in [0.717, 1.165) is 43.6 Å². The maximum atomic E-state index is 13.1. The fraction of sp³-hybridized carbons (Fsp3) is 0.217. The summed E-state index contributed by atoms with van der Waals surface area (Å²) >= 11 is 8.77. The van der Waals surface area contributed by atoms with Crippen LogP contribution in [-0.2, 0) is 16.1 Å². The summed E-state index contributed by atoms with van der Waals surface area (Å²) in [7, 11) is 0. The minimum Gasteiger partial charge on any atom is -0.480 e. The number of benzene rings is 1. The van der Waals surface area contributed by atoms with Crippen molar-refractivity contribution in [2.24, 2.45) is 0 Å². The molecule has 3 heterocycles. The second kappa shape index (κ2) is 10.3. The van der Waals surface area contributed by atoms with Crippen LogP contribution in [0.3, 0.4) is 0 Å². The van der Waals surface area contributed by atoms with Gasteiger partial charge in [-0.15, -0.1) is 11.3 Å². The van der Waals surface area contributed by atoms with Gasteiger partial charge >= 0.3 is 5.97 Å². The number of rotatable bonds is 5. The number of carbonyl (C=O) groups excluding carboxylic acids is 1. The molecule has 2 aliphatic rings. The molecule has 13 heteroatoms. The number of amides is 1. The normalized spacial score (nSPS) is 18.1. The van der Waals surface area contributed by atoms with Crippen molar-refractivity contribution in [3.63, 3.8) is 0 Å². The van der Waals surface area contributed by atoms with E-state index in [1.165, 1.54) is 16.3 Å². The lowest BCUT2D eigenvalue weighted by molar-refractivity contribution is -0.140. The van der Waals surface area contributed by atoms with E-state index >= 15 is 0 Å². The van der Waals surface area contributed by atoms with Gasteiger partial charge in [-0.2, -0.15) is 10.5 Å². The average molecular weight is 556 g/mol. The van der Waals surface area contributed by atoms with Crippen LogP contribution < -0.4 is 19.7 Å². The van der Waals surface area contributed by atoms with Gasteiger partial charge in [-0.05, 0) is 38.1 Å². The third-order valence-corrected chi connectivity index (χ3v) is 9.19. The van der Waals surface area contributed by atoms with Gasteiger partial charge in [-0.1, -0.05) is 35.7 Å². The number of carboxylic acids is 1. The van der Waals surface area contributed by atoms with Gasteiger partial charge in [0.2, 0.25) is 0 Å². The molecule has 0 radical (unpaired) electrons. The zero-order valence-corrected chi connectivity index (χ0v) is 22.2. The number of hydrogen-bond donors (Lipinski definition) is 1. The highest BCUT2D eigenvalue weighted by Crippen LogP contribution is 2.46. The molecule has 1 aromatic heterocycles. The van der Waals surface area contributed by atoms with Crippen molar-refractivity contribution in [2.75, 3.05) is 18.0 Å². The van der Waals surface area contributed by atoms with Crippen LogP contribution in [0.15, 0.2) is 32.9 Å². The van der Waals surface area contributed by atoms with Crippen molar-refractivity contribution in [3.8, 4) is 12.1 Å². The summed E-state index contributed by atoms with van der Waals surface area (Å²) in [6.07, 6.45) is 3.49. The van der Waals surface area contributed by atoms with E-state index in [1.54, 1.807) is 31.2 Å². The van der Waals surface area contributed by atoms with Crippen LogP contribution in [0.4, 0.5) is 5.69 Å². The first-order valence-corrected chi connectivity index (χ1v) is 13.4. The number of nitriles is 2. The molecular formula is C23H17N5O4S4. The Kier molecular flexibility index (Phi) is 7.38. The minimum absolute atomic E-state index is 0.140. The van der Waals surface area contributed by atoms with Crippen molar-refractivity contribution in [3.05, 3.63) is 53.9 Å². The van der Waals surface area contributed by atoms with Crippen LogP contribution >= 0.6 is 47.1 Å². The quantitative estimate of drug-likeness (QED) is 0.547. The number of hydrogen-bond acceptors (Lipinski definition) is 10. The van der Waals surface area contributed by atoms with Crippen LogP contribution in [-0.4, -0.2) is 43.9 Å². The molecule has 1 amide bonds. The van der Waals surface area contributed by atoms with Gasteiger partial charge in [0.15, 0.2) is 0 Å². The third-order valence-electron chi connectivity index (χ3n) is 5.37. The van der Waals surface area contributed by atoms with E-state index in [2.05, 4.69) is 12.1 Å². The van der Waals surface area contributed by atoms with E-state index in [0.29, 0.717) is 33.4 Å². The van der Waals surface area contributed by atoms with E-state index in [4.69, 9.17) is 17.3 Å². The molecule has 0 aliphatic carbocycles. The summed E-state index contributed by atoms with van der Waals surface area (Å²) in [5.74, 6) is -1.70. The predicted octanol–water partition coefficient (Wildman–Crippen LogP) is 1.98. The van der Waals surface area contributed by atoms with Crippen LogP contribution in [0.2, 0.25) is 0 Å². The highest BCUT2D eigenvalue weighted by atomic mass is 32.2. The number of carboxylic acid groups (broad SMARTS) is 1. The summed E-state index contributed by atoms with van der Waals surface area (Å²) < 4.78 is 2.46. The lowest BCUT2D eigenvalue weighted by Crippen LogP contribution is -2.35. The van der Waals surface area contributed by atoms with Gasteiger partial charge in [0.1, 0.15) is 32.6 Å². The molecule has 2 aliphatic heterocycles. The van der Waals surface area contributed by atoms with Crippen LogP contribution in [0.1, 0.15) is 25.0 Å². The lowest BCUT2D eigenvalue weighted by Gasteiger charge is -2.17. The molecule has 1 aromatic carbocycles. The largest absolute Gasteiger partial charge is 0.480 e. The Labute approximate surface area is 223 Å². The van der Waals surface area contributed by atoms with Crippen LogP contribution in [0.25, 0.3) is 11.0 Å². The van der Waals surface area contributed by atoms with Crippen molar-refractivity contribution < 1.29 is 14.7 Å².